The van der Waals surface area contributed by atoms with Crippen molar-refractivity contribution in [3.05, 3.63) is 58.1 Å². The number of aryl methyl sites for hydroxylation is 1. The van der Waals surface area contributed by atoms with Crippen LogP contribution in [0.3, 0.4) is 0 Å². The van der Waals surface area contributed by atoms with Crippen LogP contribution in [0.1, 0.15) is 11.1 Å². The van der Waals surface area contributed by atoms with Crippen molar-refractivity contribution in [3.8, 4) is 5.75 Å². The third kappa shape index (κ3) is 3.83. The number of methoxy groups -OCH3 is 1. The number of carbonyl (C=O) groups is 1. The Balaban J connectivity index is 1.71. The maximum absolute atomic E-state index is 12.1. The molecule has 24 heavy (non-hydrogen) atoms. The molecule has 0 aliphatic heterocycles. The molecule has 0 radical (unpaired) electrons. The highest BCUT2D eigenvalue weighted by atomic mass is 79.9. The number of amides is 1. The highest BCUT2D eigenvalue weighted by Crippen LogP contribution is 2.27. The maximum Gasteiger partial charge on any atom is 0.250 e. The Kier molecular flexibility index (Phi) is 4.97. The molecule has 1 amide bonds. The van der Waals surface area contributed by atoms with Gasteiger partial charge in [0.25, 0.3) is 0 Å². The van der Waals surface area contributed by atoms with E-state index in [0.29, 0.717) is 5.13 Å². The molecule has 1 N–H and O–H groups in total. The summed E-state index contributed by atoms with van der Waals surface area (Å²) in [7, 11) is 1.61. The lowest BCUT2D eigenvalue weighted by Gasteiger charge is -2.03. The van der Waals surface area contributed by atoms with E-state index in [0.717, 1.165) is 26.0 Å². The normalized spacial score (nSPS) is 11.1. The van der Waals surface area contributed by atoms with E-state index in [2.05, 4.69) is 32.3 Å². The first kappa shape index (κ1) is 16.7. The van der Waals surface area contributed by atoms with Crippen LogP contribution in [0, 0.1) is 6.92 Å². The Hall–Kier alpha value is -2.18. The molecule has 6 heteroatoms. The molecule has 0 unspecified atom stereocenters. The van der Waals surface area contributed by atoms with Crippen molar-refractivity contribution in [1.29, 1.82) is 0 Å². The number of carbonyl (C=O) groups excluding carboxylic acids is 1. The fourth-order valence-corrected chi connectivity index (χ4v) is 3.72. The van der Waals surface area contributed by atoms with Gasteiger partial charge in [-0.25, -0.2) is 4.98 Å². The van der Waals surface area contributed by atoms with E-state index < -0.39 is 0 Å². The lowest BCUT2D eigenvalue weighted by molar-refractivity contribution is -0.111. The largest absolute Gasteiger partial charge is 0.496 e. The summed E-state index contributed by atoms with van der Waals surface area (Å²) in [5.41, 5.74) is 2.97. The molecule has 1 heterocycles. The number of nitrogens with one attached hydrogen (secondary N) is 1. The van der Waals surface area contributed by atoms with Gasteiger partial charge < -0.3 is 4.74 Å². The zero-order chi connectivity index (χ0) is 17.1. The molecule has 0 aliphatic carbocycles. The zero-order valence-electron chi connectivity index (χ0n) is 13.2. The third-order valence-electron chi connectivity index (χ3n) is 3.38. The predicted octanol–water partition coefficient (Wildman–Crippen LogP) is 5.03. The van der Waals surface area contributed by atoms with Crippen LogP contribution in [0.25, 0.3) is 16.3 Å². The Bertz CT molecular complexity index is 934. The first-order valence-electron chi connectivity index (χ1n) is 7.25. The molecule has 1 aromatic heterocycles. The number of benzene rings is 2. The van der Waals surface area contributed by atoms with E-state index >= 15 is 0 Å². The number of thiazole rings is 1. The molecule has 0 saturated carbocycles. The minimum Gasteiger partial charge on any atom is -0.496 e. The molecule has 122 valence electrons. The number of fused-ring (bicyclic) bond motifs is 1. The molecule has 0 saturated heterocycles. The molecule has 3 rings (SSSR count). The summed E-state index contributed by atoms with van der Waals surface area (Å²) in [4.78, 5) is 16.5. The van der Waals surface area contributed by atoms with Gasteiger partial charge in [0.05, 0.1) is 21.8 Å². The van der Waals surface area contributed by atoms with Gasteiger partial charge in [-0.15, -0.1) is 0 Å². The molecular weight excluding hydrogens is 388 g/mol. The summed E-state index contributed by atoms with van der Waals surface area (Å²) < 4.78 is 7.09. The van der Waals surface area contributed by atoms with Crippen molar-refractivity contribution < 1.29 is 9.53 Å². The molecule has 4 nitrogen and oxygen atoms in total. The van der Waals surface area contributed by atoms with Gasteiger partial charge in [0, 0.05) is 6.08 Å². The van der Waals surface area contributed by atoms with Gasteiger partial charge in [-0.05, 0) is 64.3 Å². The summed E-state index contributed by atoms with van der Waals surface area (Å²) >= 11 is 4.89. The van der Waals surface area contributed by atoms with Crippen molar-refractivity contribution in [2.75, 3.05) is 12.4 Å². The van der Waals surface area contributed by atoms with Crippen LogP contribution in [0.4, 0.5) is 5.13 Å². The fraction of sp³-hybridized carbons (Fsp3) is 0.111. The smallest absolute Gasteiger partial charge is 0.250 e. The third-order valence-corrected chi connectivity index (χ3v) is 4.93. The van der Waals surface area contributed by atoms with E-state index in [9.17, 15) is 4.79 Å². The van der Waals surface area contributed by atoms with Crippen LogP contribution in [-0.2, 0) is 4.79 Å². The molecule has 3 aromatic rings. The number of ether oxygens (including phenoxy) is 1. The van der Waals surface area contributed by atoms with Gasteiger partial charge >= 0.3 is 0 Å². The Morgan fingerprint density at radius 3 is 2.88 bits per heavy atom. The van der Waals surface area contributed by atoms with Crippen molar-refractivity contribution in [3.63, 3.8) is 0 Å². The monoisotopic (exact) mass is 402 g/mol. The van der Waals surface area contributed by atoms with Crippen molar-refractivity contribution >= 4 is 54.6 Å². The predicted molar refractivity (Wildman–Crippen MR) is 103 cm³/mol. The average Bonchev–Trinajstić information content (AvgIpc) is 2.94. The summed E-state index contributed by atoms with van der Waals surface area (Å²) in [6.07, 6.45) is 3.24. The van der Waals surface area contributed by atoms with Gasteiger partial charge in [-0.2, -0.15) is 0 Å². The van der Waals surface area contributed by atoms with Gasteiger partial charge in [0.15, 0.2) is 5.13 Å². The number of nitrogens with zero attached hydrogens (tertiary/aromatic N) is 1. The number of anilines is 1. The number of halogens is 1. The van der Waals surface area contributed by atoms with Crippen LogP contribution in [-0.4, -0.2) is 18.0 Å². The van der Waals surface area contributed by atoms with Crippen LogP contribution < -0.4 is 10.1 Å². The summed E-state index contributed by atoms with van der Waals surface area (Å²) in [5.74, 6) is 0.541. The number of hydrogen-bond acceptors (Lipinski definition) is 4. The lowest BCUT2D eigenvalue weighted by Crippen LogP contribution is -2.07. The quantitative estimate of drug-likeness (QED) is 0.622. The highest BCUT2D eigenvalue weighted by Gasteiger charge is 2.06. The molecule has 0 spiro atoms. The van der Waals surface area contributed by atoms with Crippen molar-refractivity contribution in [2.24, 2.45) is 0 Å². The summed E-state index contributed by atoms with van der Waals surface area (Å²) in [6, 6.07) is 11.7. The van der Waals surface area contributed by atoms with Crippen molar-refractivity contribution in [2.45, 2.75) is 6.92 Å². The SMILES string of the molecule is COc1ccc(/C=C/C(=O)Nc2nc3ccc(C)cc3s2)cc1Br. The molecule has 0 atom stereocenters. The Labute approximate surface area is 152 Å². The first-order valence-corrected chi connectivity index (χ1v) is 8.86. The number of hydrogen-bond donors (Lipinski definition) is 1. The van der Waals surface area contributed by atoms with E-state index in [4.69, 9.17) is 4.74 Å². The van der Waals surface area contributed by atoms with Gasteiger partial charge in [-0.3, -0.25) is 10.1 Å². The van der Waals surface area contributed by atoms with Gasteiger partial charge in [0.2, 0.25) is 5.91 Å². The van der Waals surface area contributed by atoms with Crippen LogP contribution in [0.15, 0.2) is 46.9 Å². The van der Waals surface area contributed by atoms with E-state index in [1.165, 1.54) is 23.0 Å². The Morgan fingerprint density at radius 1 is 1.29 bits per heavy atom. The molecule has 0 fully saturated rings. The standard InChI is InChI=1S/C18H15BrN2O2S/c1-11-3-6-14-16(9-11)24-18(20-14)21-17(22)8-5-12-4-7-15(23-2)13(19)10-12/h3-10H,1-2H3,(H,20,21,22)/b8-5+. The molecule has 2 aromatic carbocycles. The second kappa shape index (κ2) is 7.15. The number of rotatable bonds is 4. The minimum absolute atomic E-state index is 0.210. The van der Waals surface area contributed by atoms with E-state index in [-0.39, 0.29) is 5.91 Å². The second-order valence-corrected chi connectivity index (χ2v) is 7.09. The fourth-order valence-electron chi connectivity index (χ4n) is 2.19. The van der Waals surface area contributed by atoms with Crippen LogP contribution in [0.2, 0.25) is 0 Å². The van der Waals surface area contributed by atoms with Gasteiger partial charge in [-0.1, -0.05) is 23.5 Å². The van der Waals surface area contributed by atoms with Gasteiger partial charge in [0.1, 0.15) is 5.75 Å². The second-order valence-electron chi connectivity index (χ2n) is 5.21. The summed E-state index contributed by atoms with van der Waals surface area (Å²) in [6.45, 7) is 2.03. The van der Waals surface area contributed by atoms with E-state index in [1.807, 2.05) is 37.3 Å². The van der Waals surface area contributed by atoms with Crippen molar-refractivity contribution in [1.82, 2.24) is 4.98 Å². The first-order chi connectivity index (χ1) is 11.5. The number of aromatic nitrogens is 1. The van der Waals surface area contributed by atoms with Crippen LogP contribution in [0.5, 0.6) is 5.75 Å². The van der Waals surface area contributed by atoms with E-state index in [1.54, 1.807) is 13.2 Å². The molecule has 0 aliphatic rings. The zero-order valence-corrected chi connectivity index (χ0v) is 15.6. The Morgan fingerprint density at radius 2 is 2.12 bits per heavy atom. The summed E-state index contributed by atoms with van der Waals surface area (Å²) in [5, 5.41) is 3.40. The topological polar surface area (TPSA) is 51.2 Å². The lowest BCUT2D eigenvalue weighted by atomic mass is 10.2. The average molecular weight is 403 g/mol. The minimum atomic E-state index is -0.210. The van der Waals surface area contributed by atoms with Crippen LogP contribution >= 0.6 is 27.3 Å². The molecule has 0 bridgehead atoms. The maximum atomic E-state index is 12.1. The molecular formula is C18H15BrN2O2S. The highest BCUT2D eigenvalue weighted by molar-refractivity contribution is 9.10.